The van der Waals surface area contributed by atoms with E-state index in [0.29, 0.717) is 35.5 Å². The molecule has 3 N–H and O–H groups in total. The molecule has 2 aromatic carbocycles. The van der Waals surface area contributed by atoms with E-state index in [2.05, 4.69) is 16.0 Å². The average Bonchev–Trinajstić information content (AvgIpc) is 2.82. The first-order chi connectivity index (χ1) is 15.9. The van der Waals surface area contributed by atoms with E-state index < -0.39 is 18.2 Å². The van der Waals surface area contributed by atoms with E-state index in [9.17, 15) is 9.59 Å². The second-order valence-electron chi connectivity index (χ2n) is 7.13. The maximum Gasteiger partial charge on any atom is 0.407 e. The Bertz CT molecular complexity index is 1060. The molecule has 0 saturated carbocycles. The minimum Gasteiger partial charge on any atom is -0.495 e. The van der Waals surface area contributed by atoms with Gasteiger partial charge < -0.3 is 25.4 Å². The highest BCUT2D eigenvalue weighted by Gasteiger charge is 2.18. The zero-order valence-electron chi connectivity index (χ0n) is 18.8. The summed E-state index contributed by atoms with van der Waals surface area (Å²) in [7, 11) is 1.45. The normalized spacial score (nSPS) is 11.8. The molecule has 2 atom stereocenters. The van der Waals surface area contributed by atoms with Crippen molar-refractivity contribution < 1.29 is 19.1 Å². The van der Waals surface area contributed by atoms with Crippen LogP contribution in [-0.4, -0.2) is 25.3 Å². The van der Waals surface area contributed by atoms with E-state index in [1.165, 1.54) is 7.11 Å². The van der Waals surface area contributed by atoms with Crippen molar-refractivity contribution in [2.45, 2.75) is 45.3 Å². The lowest BCUT2D eigenvalue weighted by atomic mass is 10.0. The number of carbonyl (C=O) groups is 2. The number of carbonyl (C=O) groups excluding carboxylic acids is 2. The molecule has 0 unspecified atom stereocenters. The summed E-state index contributed by atoms with van der Waals surface area (Å²) >= 11 is 0. The number of nitrogens with zero attached hydrogens (tertiary/aromatic N) is 2. The van der Waals surface area contributed by atoms with Gasteiger partial charge in [-0.25, -0.2) is 9.59 Å². The molecule has 0 radical (unpaired) electrons. The molecular weight excluding hydrogens is 422 g/mol. The van der Waals surface area contributed by atoms with Gasteiger partial charge in [-0.2, -0.15) is 10.5 Å². The maximum absolute atomic E-state index is 12.4. The highest BCUT2D eigenvalue weighted by atomic mass is 16.6. The largest absolute Gasteiger partial charge is 0.495 e. The molecule has 0 bridgehead atoms. The predicted octanol–water partition coefficient (Wildman–Crippen LogP) is 5.08. The van der Waals surface area contributed by atoms with Crippen LogP contribution in [0.2, 0.25) is 0 Å². The lowest BCUT2D eigenvalue weighted by molar-refractivity contribution is 0.0942. The number of alkyl carbamates (subject to hydrolysis) is 1. The molecule has 3 amide bonds. The van der Waals surface area contributed by atoms with Crippen molar-refractivity contribution in [3.8, 4) is 17.9 Å². The van der Waals surface area contributed by atoms with Crippen LogP contribution in [0.1, 0.15) is 50.3 Å². The zero-order chi connectivity index (χ0) is 24.2. The van der Waals surface area contributed by atoms with E-state index in [1.807, 2.05) is 32.1 Å². The molecule has 172 valence electrons. The van der Waals surface area contributed by atoms with E-state index >= 15 is 0 Å². The van der Waals surface area contributed by atoms with Gasteiger partial charge in [0.25, 0.3) is 0 Å². The van der Waals surface area contributed by atoms with Gasteiger partial charge in [-0.15, -0.1) is 0 Å². The van der Waals surface area contributed by atoms with E-state index in [-0.39, 0.29) is 12.5 Å². The van der Waals surface area contributed by atoms with Gasteiger partial charge in [0.15, 0.2) is 0 Å². The van der Waals surface area contributed by atoms with E-state index in [4.69, 9.17) is 20.0 Å². The molecule has 0 aliphatic heterocycles. The van der Waals surface area contributed by atoms with Crippen LogP contribution in [0.5, 0.6) is 5.75 Å². The van der Waals surface area contributed by atoms with Crippen LogP contribution < -0.4 is 20.7 Å². The summed E-state index contributed by atoms with van der Waals surface area (Å²) in [6.07, 6.45) is 0.252. The number of methoxy groups -OCH3 is 1. The molecule has 0 saturated heterocycles. The van der Waals surface area contributed by atoms with Crippen LogP contribution in [0.4, 0.5) is 21.0 Å². The summed E-state index contributed by atoms with van der Waals surface area (Å²) in [6.45, 7) is 3.77. The smallest absolute Gasteiger partial charge is 0.407 e. The fraction of sp³-hybridized carbons (Fsp3) is 0.333. The lowest BCUT2D eigenvalue weighted by Gasteiger charge is -2.20. The number of rotatable bonds is 9. The maximum atomic E-state index is 12.4. The number of urea groups is 1. The van der Waals surface area contributed by atoms with Gasteiger partial charge >= 0.3 is 12.1 Å². The SMILES string of the molecule is CC[C@H](CC#N)OC(=O)N[C@@H](CC)c1cccc(NC(=O)Nc2ccc(C#N)c(OC)c2)c1. The highest BCUT2D eigenvalue weighted by Crippen LogP contribution is 2.24. The summed E-state index contributed by atoms with van der Waals surface area (Å²) in [5, 5.41) is 26.1. The van der Waals surface area contributed by atoms with Gasteiger partial charge in [-0.05, 0) is 42.7 Å². The second-order valence-corrected chi connectivity index (χ2v) is 7.13. The van der Waals surface area contributed by atoms with Crippen LogP contribution in [0.15, 0.2) is 42.5 Å². The van der Waals surface area contributed by atoms with Crippen LogP contribution in [-0.2, 0) is 4.74 Å². The second kappa shape index (κ2) is 12.6. The molecule has 2 rings (SSSR count). The molecule has 0 heterocycles. The summed E-state index contributed by atoms with van der Waals surface area (Å²) < 4.78 is 10.5. The number of hydrogen-bond acceptors (Lipinski definition) is 6. The molecule has 0 spiro atoms. The van der Waals surface area contributed by atoms with Gasteiger partial charge in [-0.1, -0.05) is 26.0 Å². The van der Waals surface area contributed by atoms with Gasteiger partial charge in [-0.3, -0.25) is 0 Å². The number of nitrogens with one attached hydrogen (secondary N) is 3. The molecule has 0 aromatic heterocycles. The van der Waals surface area contributed by atoms with Gasteiger partial charge in [0, 0.05) is 17.4 Å². The Morgan fingerprint density at radius 1 is 1.03 bits per heavy atom. The summed E-state index contributed by atoms with van der Waals surface area (Å²) in [6, 6.07) is 15.1. The minimum atomic E-state index is -0.588. The average molecular weight is 450 g/mol. The molecule has 0 fully saturated rings. The molecule has 2 aromatic rings. The van der Waals surface area contributed by atoms with Gasteiger partial charge in [0.2, 0.25) is 0 Å². The first-order valence-corrected chi connectivity index (χ1v) is 10.5. The Kier molecular flexibility index (Phi) is 9.54. The number of hydrogen-bond donors (Lipinski definition) is 3. The van der Waals surface area contributed by atoms with Gasteiger partial charge in [0.1, 0.15) is 17.9 Å². The monoisotopic (exact) mass is 449 g/mol. The van der Waals surface area contributed by atoms with Crippen molar-refractivity contribution in [2.24, 2.45) is 0 Å². The van der Waals surface area contributed by atoms with Crippen LogP contribution in [0, 0.1) is 22.7 Å². The first kappa shape index (κ1) is 25.0. The van der Waals surface area contributed by atoms with Crippen molar-refractivity contribution in [2.75, 3.05) is 17.7 Å². The number of benzene rings is 2. The first-order valence-electron chi connectivity index (χ1n) is 10.5. The molecule has 0 aliphatic rings. The third-order valence-electron chi connectivity index (χ3n) is 4.88. The lowest BCUT2D eigenvalue weighted by Crippen LogP contribution is -2.32. The van der Waals surface area contributed by atoms with Crippen LogP contribution >= 0.6 is 0 Å². The Balaban J connectivity index is 2.04. The number of amides is 3. The Labute approximate surface area is 193 Å². The van der Waals surface area contributed by atoms with Crippen LogP contribution in [0.25, 0.3) is 0 Å². The summed E-state index contributed by atoms with van der Waals surface area (Å²) in [4.78, 5) is 24.7. The number of nitriles is 2. The van der Waals surface area contributed by atoms with E-state index in [0.717, 1.165) is 5.56 Å². The molecule has 0 aliphatic carbocycles. The zero-order valence-corrected chi connectivity index (χ0v) is 18.8. The Hall–Kier alpha value is -4.24. The number of ether oxygens (including phenoxy) is 2. The molecule has 9 heteroatoms. The van der Waals surface area contributed by atoms with E-state index in [1.54, 1.807) is 36.4 Å². The van der Waals surface area contributed by atoms with Crippen LogP contribution in [0.3, 0.4) is 0 Å². The van der Waals surface area contributed by atoms with Crippen molar-refractivity contribution >= 4 is 23.5 Å². The minimum absolute atomic E-state index is 0.139. The quantitative estimate of drug-likeness (QED) is 0.488. The van der Waals surface area contributed by atoms with Crippen molar-refractivity contribution in [3.63, 3.8) is 0 Å². The molecule has 33 heavy (non-hydrogen) atoms. The standard InChI is InChI=1S/C24H27N5O4/c1-4-20(11-12-25)33-24(31)29-21(5-2)16-7-6-8-18(13-16)27-23(30)28-19-10-9-17(15-26)22(14-19)32-3/h6-10,13-14,20-21H,4-5,11H2,1-3H3,(H,29,31)(H2,27,28,30)/t20-,21+/m1/s1. The van der Waals surface area contributed by atoms with Crippen molar-refractivity contribution in [3.05, 3.63) is 53.6 Å². The summed E-state index contributed by atoms with van der Waals surface area (Å²) in [5.74, 6) is 0.362. The number of anilines is 2. The highest BCUT2D eigenvalue weighted by molar-refractivity contribution is 6.00. The predicted molar refractivity (Wildman–Crippen MR) is 124 cm³/mol. The third-order valence-corrected chi connectivity index (χ3v) is 4.88. The Morgan fingerprint density at radius 3 is 2.36 bits per heavy atom. The topological polar surface area (TPSA) is 136 Å². The summed E-state index contributed by atoms with van der Waals surface area (Å²) in [5.41, 5.74) is 2.17. The van der Waals surface area contributed by atoms with Crippen molar-refractivity contribution in [1.82, 2.24) is 5.32 Å². The fourth-order valence-corrected chi connectivity index (χ4v) is 3.11. The van der Waals surface area contributed by atoms with Gasteiger partial charge in [0.05, 0.1) is 31.2 Å². The molecular formula is C24H27N5O4. The molecule has 9 nitrogen and oxygen atoms in total. The third kappa shape index (κ3) is 7.44. The Morgan fingerprint density at radius 2 is 1.76 bits per heavy atom. The fourth-order valence-electron chi connectivity index (χ4n) is 3.11. The van der Waals surface area contributed by atoms with Crippen molar-refractivity contribution in [1.29, 1.82) is 10.5 Å².